The quantitative estimate of drug-likeness (QED) is 0.342. The predicted molar refractivity (Wildman–Crippen MR) is 121 cm³/mol. The van der Waals surface area contributed by atoms with Crippen molar-refractivity contribution in [3.63, 3.8) is 0 Å². The second kappa shape index (κ2) is 9.63. The highest BCUT2D eigenvalue weighted by atomic mass is 35.5. The first-order chi connectivity index (χ1) is 15.1. The van der Waals surface area contributed by atoms with Gasteiger partial charge in [-0.05, 0) is 53.6 Å². The Hall–Kier alpha value is -3.37. The van der Waals surface area contributed by atoms with E-state index in [2.05, 4.69) is 4.57 Å². The number of halogens is 2. The van der Waals surface area contributed by atoms with E-state index in [0.717, 1.165) is 16.8 Å². The number of amides is 1. The topological polar surface area (TPSA) is 25.2 Å². The molecule has 0 aliphatic heterocycles. The van der Waals surface area contributed by atoms with E-state index >= 15 is 0 Å². The van der Waals surface area contributed by atoms with Crippen LogP contribution in [0.2, 0.25) is 5.02 Å². The molecule has 31 heavy (non-hydrogen) atoms. The molecule has 4 rings (SSSR count). The Labute approximate surface area is 186 Å². The molecule has 4 aromatic rings. The number of carbonyl (C=O) groups excluding carboxylic acids is 1. The number of nitrogens with zero attached hydrogens (tertiary/aromatic N) is 2. The van der Waals surface area contributed by atoms with Gasteiger partial charge in [0, 0.05) is 35.6 Å². The fourth-order valence-corrected chi connectivity index (χ4v) is 3.73. The van der Waals surface area contributed by atoms with Gasteiger partial charge in [0.2, 0.25) is 0 Å². The van der Waals surface area contributed by atoms with Gasteiger partial charge in [0.05, 0.1) is 6.54 Å². The molecule has 1 heterocycles. The summed E-state index contributed by atoms with van der Waals surface area (Å²) in [5.41, 5.74) is 3.60. The number of aromatic nitrogens is 1. The van der Waals surface area contributed by atoms with Gasteiger partial charge in [-0.2, -0.15) is 0 Å². The van der Waals surface area contributed by atoms with E-state index in [-0.39, 0.29) is 11.7 Å². The van der Waals surface area contributed by atoms with Gasteiger partial charge >= 0.3 is 0 Å². The maximum atomic E-state index is 13.4. The zero-order valence-corrected chi connectivity index (χ0v) is 17.7. The van der Waals surface area contributed by atoms with Gasteiger partial charge in [-0.25, -0.2) is 4.39 Å². The molecule has 0 unspecified atom stereocenters. The highest BCUT2D eigenvalue weighted by molar-refractivity contribution is 6.30. The van der Waals surface area contributed by atoms with Crippen LogP contribution >= 0.6 is 11.6 Å². The van der Waals surface area contributed by atoms with Gasteiger partial charge in [-0.15, -0.1) is 0 Å². The predicted octanol–water partition coefficient (Wildman–Crippen LogP) is 6.17. The van der Waals surface area contributed by atoms with Gasteiger partial charge in [0.15, 0.2) is 0 Å². The lowest BCUT2D eigenvalue weighted by Gasteiger charge is -2.24. The minimum Gasteiger partial charge on any atom is -0.345 e. The maximum absolute atomic E-state index is 13.4. The van der Waals surface area contributed by atoms with Crippen LogP contribution in [0.5, 0.6) is 0 Å². The van der Waals surface area contributed by atoms with Gasteiger partial charge in [-0.3, -0.25) is 4.79 Å². The molecule has 0 aliphatic rings. The lowest BCUT2D eigenvalue weighted by Crippen LogP contribution is -2.31. The maximum Gasteiger partial charge on any atom is 0.254 e. The Morgan fingerprint density at radius 2 is 1.61 bits per heavy atom. The summed E-state index contributed by atoms with van der Waals surface area (Å²) >= 11 is 6.12. The fourth-order valence-electron chi connectivity index (χ4n) is 3.54. The zero-order chi connectivity index (χ0) is 21.6. The molecule has 0 saturated heterocycles. The third kappa shape index (κ3) is 5.41. The van der Waals surface area contributed by atoms with Gasteiger partial charge < -0.3 is 9.47 Å². The fraction of sp³-hybridized carbons (Fsp3) is 0.115. The standard InChI is InChI=1S/C26H22ClFN2O/c27-23-9-4-8-22(16-23)26(31)30(18-20-6-2-1-3-7-20)19-25-10-5-15-29(25)17-21-11-13-24(28)14-12-21/h1-16H,17-19H2. The molecule has 0 radical (unpaired) electrons. The van der Waals surface area contributed by atoms with Crippen LogP contribution in [0.15, 0.2) is 97.2 Å². The first kappa shape index (κ1) is 20.9. The molecular formula is C26H22ClFN2O. The lowest BCUT2D eigenvalue weighted by molar-refractivity contribution is 0.0726. The molecule has 0 atom stereocenters. The third-order valence-corrected chi connectivity index (χ3v) is 5.35. The van der Waals surface area contributed by atoms with Crippen molar-refractivity contribution in [1.82, 2.24) is 9.47 Å². The number of carbonyl (C=O) groups is 1. The van der Waals surface area contributed by atoms with Crippen molar-refractivity contribution in [3.8, 4) is 0 Å². The second-order valence-electron chi connectivity index (χ2n) is 7.41. The molecule has 1 amide bonds. The smallest absolute Gasteiger partial charge is 0.254 e. The average Bonchev–Trinajstić information content (AvgIpc) is 3.21. The largest absolute Gasteiger partial charge is 0.345 e. The lowest BCUT2D eigenvalue weighted by atomic mass is 10.1. The number of rotatable bonds is 7. The van der Waals surface area contributed by atoms with Crippen molar-refractivity contribution >= 4 is 17.5 Å². The summed E-state index contributed by atoms with van der Waals surface area (Å²) in [7, 11) is 0. The summed E-state index contributed by atoms with van der Waals surface area (Å²) < 4.78 is 15.3. The summed E-state index contributed by atoms with van der Waals surface area (Å²) in [5.74, 6) is -0.335. The van der Waals surface area contributed by atoms with E-state index in [1.807, 2.05) is 53.6 Å². The molecule has 0 aliphatic carbocycles. The molecular weight excluding hydrogens is 411 g/mol. The Kier molecular flexibility index (Phi) is 6.48. The SMILES string of the molecule is O=C(c1cccc(Cl)c1)N(Cc1ccccc1)Cc1cccn1Cc1ccc(F)cc1. The monoisotopic (exact) mass is 432 g/mol. The molecule has 3 aromatic carbocycles. The molecule has 0 saturated carbocycles. The third-order valence-electron chi connectivity index (χ3n) is 5.12. The Morgan fingerprint density at radius 3 is 2.35 bits per heavy atom. The van der Waals surface area contributed by atoms with Crippen molar-refractivity contribution in [2.45, 2.75) is 19.6 Å². The summed E-state index contributed by atoms with van der Waals surface area (Å²) in [6.07, 6.45) is 1.98. The summed E-state index contributed by atoms with van der Waals surface area (Å²) in [4.78, 5) is 15.2. The molecule has 0 spiro atoms. The van der Waals surface area contributed by atoms with Crippen molar-refractivity contribution in [3.05, 3.63) is 130 Å². The second-order valence-corrected chi connectivity index (χ2v) is 7.85. The summed E-state index contributed by atoms with van der Waals surface area (Å²) in [6, 6.07) is 27.4. The molecule has 5 heteroatoms. The molecule has 0 N–H and O–H groups in total. The van der Waals surface area contributed by atoms with E-state index in [0.29, 0.717) is 30.2 Å². The summed E-state index contributed by atoms with van der Waals surface area (Å²) in [5, 5.41) is 0.533. The van der Waals surface area contributed by atoms with Crippen LogP contribution in [0.25, 0.3) is 0 Å². The van der Waals surface area contributed by atoms with Crippen LogP contribution in [0, 0.1) is 5.82 Å². The van der Waals surface area contributed by atoms with Gasteiger partial charge in [-0.1, -0.05) is 60.1 Å². The molecule has 156 valence electrons. The van der Waals surface area contributed by atoms with E-state index in [4.69, 9.17) is 11.6 Å². The highest BCUT2D eigenvalue weighted by Gasteiger charge is 2.18. The average molecular weight is 433 g/mol. The number of hydrogen-bond donors (Lipinski definition) is 0. The van der Waals surface area contributed by atoms with E-state index in [1.54, 1.807) is 36.4 Å². The molecule has 0 fully saturated rings. The summed E-state index contributed by atoms with van der Waals surface area (Å²) in [6.45, 7) is 1.52. The van der Waals surface area contributed by atoms with Crippen LogP contribution in [-0.2, 0) is 19.6 Å². The normalized spacial score (nSPS) is 10.8. The molecule has 3 nitrogen and oxygen atoms in total. The Morgan fingerprint density at radius 1 is 0.839 bits per heavy atom. The van der Waals surface area contributed by atoms with Crippen molar-refractivity contribution in [1.29, 1.82) is 0 Å². The van der Waals surface area contributed by atoms with Crippen LogP contribution in [0.3, 0.4) is 0 Å². The minimum atomic E-state index is -0.252. The zero-order valence-electron chi connectivity index (χ0n) is 16.9. The van der Waals surface area contributed by atoms with E-state index in [9.17, 15) is 9.18 Å². The van der Waals surface area contributed by atoms with Crippen LogP contribution < -0.4 is 0 Å². The van der Waals surface area contributed by atoms with E-state index in [1.165, 1.54) is 12.1 Å². The van der Waals surface area contributed by atoms with Crippen LogP contribution in [0.1, 0.15) is 27.2 Å². The molecule has 0 bridgehead atoms. The first-order valence-corrected chi connectivity index (χ1v) is 10.4. The van der Waals surface area contributed by atoms with Crippen LogP contribution in [-0.4, -0.2) is 15.4 Å². The highest BCUT2D eigenvalue weighted by Crippen LogP contribution is 2.18. The van der Waals surface area contributed by atoms with Crippen molar-refractivity contribution in [2.24, 2.45) is 0 Å². The van der Waals surface area contributed by atoms with Crippen LogP contribution in [0.4, 0.5) is 4.39 Å². The molecule has 1 aromatic heterocycles. The van der Waals surface area contributed by atoms with E-state index < -0.39 is 0 Å². The number of hydrogen-bond acceptors (Lipinski definition) is 1. The Bertz CT molecular complexity index is 1160. The minimum absolute atomic E-state index is 0.0825. The first-order valence-electron chi connectivity index (χ1n) is 10.1. The number of benzene rings is 3. The Balaban J connectivity index is 1.60. The van der Waals surface area contributed by atoms with Gasteiger partial charge in [0.1, 0.15) is 5.82 Å². The van der Waals surface area contributed by atoms with Crippen molar-refractivity contribution < 1.29 is 9.18 Å². The van der Waals surface area contributed by atoms with Gasteiger partial charge in [0.25, 0.3) is 5.91 Å². The van der Waals surface area contributed by atoms with Crippen molar-refractivity contribution in [2.75, 3.05) is 0 Å².